The van der Waals surface area contributed by atoms with Gasteiger partial charge in [0.25, 0.3) is 0 Å². The van der Waals surface area contributed by atoms with E-state index >= 15 is 0 Å². The maximum absolute atomic E-state index is 3.54. The van der Waals surface area contributed by atoms with Crippen molar-refractivity contribution in [2.75, 3.05) is 40.3 Å². The monoisotopic (exact) mass is 227 g/mol. The van der Waals surface area contributed by atoms with Gasteiger partial charge in [0.2, 0.25) is 0 Å². The predicted octanol–water partition coefficient (Wildman–Crippen LogP) is 1.40. The van der Waals surface area contributed by atoms with Crippen LogP contribution in [-0.2, 0) is 0 Å². The van der Waals surface area contributed by atoms with Crippen LogP contribution in [0.5, 0.6) is 0 Å². The zero-order valence-electron chi connectivity index (χ0n) is 11.5. The molecule has 0 bridgehead atoms. The third-order valence-corrected chi connectivity index (χ3v) is 3.71. The molecule has 1 saturated heterocycles. The molecule has 3 nitrogen and oxygen atoms in total. The minimum atomic E-state index is 0.654. The van der Waals surface area contributed by atoms with Crippen molar-refractivity contribution in [2.45, 2.75) is 45.2 Å². The SMILES string of the molecule is CCNC(CC)CN(C)CC1CCCN1C. The Balaban J connectivity index is 2.25. The fourth-order valence-corrected chi connectivity index (χ4v) is 2.65. The van der Waals surface area contributed by atoms with Crippen LogP contribution < -0.4 is 5.32 Å². The molecule has 0 amide bonds. The Morgan fingerprint density at radius 2 is 2.19 bits per heavy atom. The summed E-state index contributed by atoms with van der Waals surface area (Å²) in [5.41, 5.74) is 0. The maximum Gasteiger partial charge on any atom is 0.0220 e. The summed E-state index contributed by atoms with van der Waals surface area (Å²) in [6, 6.07) is 1.44. The van der Waals surface area contributed by atoms with Crippen LogP contribution >= 0.6 is 0 Å². The second kappa shape index (κ2) is 7.25. The maximum atomic E-state index is 3.54. The lowest BCUT2D eigenvalue weighted by atomic mass is 10.1. The molecule has 16 heavy (non-hydrogen) atoms. The van der Waals surface area contributed by atoms with E-state index in [2.05, 4.69) is 43.1 Å². The Kier molecular flexibility index (Phi) is 6.32. The van der Waals surface area contributed by atoms with Crippen LogP contribution in [0.25, 0.3) is 0 Å². The van der Waals surface area contributed by atoms with Gasteiger partial charge in [-0.1, -0.05) is 13.8 Å². The number of hydrogen-bond acceptors (Lipinski definition) is 3. The summed E-state index contributed by atoms with van der Waals surface area (Å²) in [7, 11) is 4.51. The number of rotatable bonds is 7. The minimum absolute atomic E-state index is 0.654. The Morgan fingerprint density at radius 3 is 2.69 bits per heavy atom. The van der Waals surface area contributed by atoms with Crippen molar-refractivity contribution >= 4 is 0 Å². The molecule has 96 valence electrons. The molecule has 1 rings (SSSR count). The van der Waals surface area contributed by atoms with Gasteiger partial charge in [-0.15, -0.1) is 0 Å². The molecule has 0 aromatic rings. The Hall–Kier alpha value is -0.120. The van der Waals surface area contributed by atoms with Gasteiger partial charge in [0, 0.05) is 25.2 Å². The first-order chi connectivity index (χ1) is 7.67. The summed E-state index contributed by atoms with van der Waals surface area (Å²) in [6.07, 6.45) is 3.97. The lowest BCUT2D eigenvalue weighted by Crippen LogP contribution is -2.43. The minimum Gasteiger partial charge on any atom is -0.313 e. The molecule has 1 fully saturated rings. The number of likely N-dealkylation sites (tertiary alicyclic amines) is 1. The molecule has 1 N–H and O–H groups in total. The summed E-state index contributed by atoms with van der Waals surface area (Å²) in [5, 5.41) is 3.54. The quantitative estimate of drug-likeness (QED) is 0.709. The number of nitrogens with one attached hydrogen (secondary N) is 1. The van der Waals surface area contributed by atoms with Gasteiger partial charge in [0.15, 0.2) is 0 Å². The van der Waals surface area contributed by atoms with Gasteiger partial charge in [-0.05, 0) is 46.4 Å². The molecule has 0 aromatic carbocycles. The van der Waals surface area contributed by atoms with E-state index in [1.807, 2.05) is 0 Å². The highest BCUT2D eigenvalue weighted by Gasteiger charge is 2.22. The van der Waals surface area contributed by atoms with Gasteiger partial charge >= 0.3 is 0 Å². The molecular formula is C13H29N3. The van der Waals surface area contributed by atoms with Gasteiger partial charge < -0.3 is 15.1 Å². The van der Waals surface area contributed by atoms with E-state index in [-0.39, 0.29) is 0 Å². The molecule has 1 heterocycles. The molecule has 0 aliphatic carbocycles. The number of nitrogens with zero attached hydrogens (tertiary/aromatic N) is 2. The fourth-order valence-electron chi connectivity index (χ4n) is 2.65. The van der Waals surface area contributed by atoms with Gasteiger partial charge in [0.05, 0.1) is 0 Å². The lowest BCUT2D eigenvalue weighted by Gasteiger charge is -2.28. The van der Waals surface area contributed by atoms with E-state index in [0.29, 0.717) is 6.04 Å². The number of likely N-dealkylation sites (N-methyl/N-ethyl adjacent to an activating group) is 3. The van der Waals surface area contributed by atoms with Crippen LogP contribution in [0.4, 0.5) is 0 Å². The third kappa shape index (κ3) is 4.40. The highest BCUT2D eigenvalue weighted by atomic mass is 15.2. The summed E-state index contributed by atoms with van der Waals surface area (Å²) in [4.78, 5) is 4.99. The van der Waals surface area contributed by atoms with Crippen LogP contribution in [0.1, 0.15) is 33.1 Å². The standard InChI is InChI=1S/C13H29N3/c1-5-12(14-6-2)10-15(3)11-13-8-7-9-16(13)4/h12-14H,5-11H2,1-4H3. The normalized spacial score (nSPS) is 24.2. The molecule has 1 aliphatic rings. The molecule has 2 atom stereocenters. The average molecular weight is 227 g/mol. The van der Waals surface area contributed by atoms with Crippen LogP contribution in [0.3, 0.4) is 0 Å². The lowest BCUT2D eigenvalue weighted by molar-refractivity contribution is 0.205. The topological polar surface area (TPSA) is 18.5 Å². The second-order valence-electron chi connectivity index (χ2n) is 5.16. The smallest absolute Gasteiger partial charge is 0.0220 e. The van der Waals surface area contributed by atoms with Crippen molar-refractivity contribution < 1.29 is 0 Å². The summed E-state index contributed by atoms with van der Waals surface area (Å²) in [6.45, 7) is 9.21. The Bertz CT molecular complexity index is 184. The van der Waals surface area contributed by atoms with Crippen LogP contribution in [0, 0.1) is 0 Å². The molecule has 2 unspecified atom stereocenters. The van der Waals surface area contributed by atoms with Crippen molar-refractivity contribution in [1.29, 1.82) is 0 Å². The third-order valence-electron chi connectivity index (χ3n) is 3.71. The first-order valence-corrected chi connectivity index (χ1v) is 6.79. The second-order valence-corrected chi connectivity index (χ2v) is 5.16. The van der Waals surface area contributed by atoms with Gasteiger partial charge in [-0.25, -0.2) is 0 Å². The van der Waals surface area contributed by atoms with Gasteiger partial charge in [0.1, 0.15) is 0 Å². The van der Waals surface area contributed by atoms with E-state index in [9.17, 15) is 0 Å². The zero-order valence-corrected chi connectivity index (χ0v) is 11.5. The van der Waals surface area contributed by atoms with Crippen molar-refractivity contribution in [3.05, 3.63) is 0 Å². The van der Waals surface area contributed by atoms with E-state index in [1.165, 1.54) is 38.9 Å². The Morgan fingerprint density at radius 1 is 1.44 bits per heavy atom. The fraction of sp³-hybridized carbons (Fsp3) is 1.00. The average Bonchev–Trinajstić information content (AvgIpc) is 2.64. The van der Waals surface area contributed by atoms with E-state index in [1.54, 1.807) is 0 Å². The van der Waals surface area contributed by atoms with Crippen LogP contribution in [-0.4, -0.2) is 62.2 Å². The van der Waals surface area contributed by atoms with Crippen LogP contribution in [0.2, 0.25) is 0 Å². The summed E-state index contributed by atoms with van der Waals surface area (Å²) >= 11 is 0. The van der Waals surface area contributed by atoms with Crippen molar-refractivity contribution in [1.82, 2.24) is 15.1 Å². The van der Waals surface area contributed by atoms with Gasteiger partial charge in [-0.2, -0.15) is 0 Å². The molecule has 0 aromatic heterocycles. The van der Waals surface area contributed by atoms with Crippen molar-refractivity contribution in [3.63, 3.8) is 0 Å². The van der Waals surface area contributed by atoms with Crippen molar-refractivity contribution in [3.8, 4) is 0 Å². The Labute approximate surface area is 101 Å². The molecule has 0 spiro atoms. The molecule has 0 saturated carbocycles. The largest absolute Gasteiger partial charge is 0.313 e. The van der Waals surface area contributed by atoms with E-state index in [4.69, 9.17) is 0 Å². The highest BCUT2D eigenvalue weighted by molar-refractivity contribution is 4.80. The highest BCUT2D eigenvalue weighted by Crippen LogP contribution is 2.15. The predicted molar refractivity (Wildman–Crippen MR) is 70.9 cm³/mol. The molecule has 0 radical (unpaired) electrons. The summed E-state index contributed by atoms with van der Waals surface area (Å²) < 4.78 is 0. The van der Waals surface area contributed by atoms with Crippen molar-refractivity contribution in [2.24, 2.45) is 0 Å². The van der Waals surface area contributed by atoms with Crippen LogP contribution in [0.15, 0.2) is 0 Å². The molecule has 1 aliphatic heterocycles. The number of hydrogen-bond donors (Lipinski definition) is 1. The first kappa shape index (κ1) is 13.9. The van der Waals surface area contributed by atoms with E-state index in [0.717, 1.165) is 12.6 Å². The summed E-state index contributed by atoms with van der Waals surface area (Å²) in [5.74, 6) is 0. The zero-order chi connectivity index (χ0) is 12.0. The molecule has 3 heteroatoms. The molecular weight excluding hydrogens is 198 g/mol. The first-order valence-electron chi connectivity index (χ1n) is 6.79. The van der Waals surface area contributed by atoms with Gasteiger partial charge in [-0.3, -0.25) is 0 Å². The van der Waals surface area contributed by atoms with E-state index < -0.39 is 0 Å².